The molecule has 1 rings (SSSR count). The highest BCUT2D eigenvalue weighted by atomic mass is 79.9. The minimum Gasteiger partial charge on any atom is -0.468 e. The van der Waals surface area contributed by atoms with Crippen LogP contribution in [0.3, 0.4) is 0 Å². The molecule has 1 heterocycles. The first kappa shape index (κ1) is 15.0. The molecule has 0 spiro atoms. The van der Waals surface area contributed by atoms with Crippen molar-refractivity contribution in [2.24, 2.45) is 5.41 Å². The standard InChI is InChI=1S/C13H24BrNO2/c1-4-13(5-2)6-8-15(9-7-13)10-11(14)12(16)17-3/h11H,4-10H2,1-3H3. The van der Waals surface area contributed by atoms with E-state index in [1.807, 2.05) is 0 Å². The first-order chi connectivity index (χ1) is 8.06. The van der Waals surface area contributed by atoms with Crippen LogP contribution in [-0.4, -0.2) is 42.4 Å². The lowest BCUT2D eigenvalue weighted by Gasteiger charge is -2.41. The largest absolute Gasteiger partial charge is 0.468 e. The Bertz CT molecular complexity index is 244. The van der Waals surface area contributed by atoms with E-state index in [4.69, 9.17) is 4.74 Å². The lowest BCUT2D eigenvalue weighted by atomic mass is 9.74. The van der Waals surface area contributed by atoms with Crippen LogP contribution in [0.15, 0.2) is 0 Å². The molecule has 0 amide bonds. The lowest BCUT2D eigenvalue weighted by molar-refractivity contribution is -0.140. The third-order valence-electron chi connectivity index (χ3n) is 4.29. The van der Waals surface area contributed by atoms with Gasteiger partial charge in [0.15, 0.2) is 0 Å². The lowest BCUT2D eigenvalue weighted by Crippen LogP contribution is -2.43. The van der Waals surface area contributed by atoms with Crippen molar-refractivity contribution in [3.05, 3.63) is 0 Å². The maximum Gasteiger partial charge on any atom is 0.320 e. The van der Waals surface area contributed by atoms with E-state index in [0.29, 0.717) is 5.41 Å². The van der Waals surface area contributed by atoms with Gasteiger partial charge < -0.3 is 9.64 Å². The van der Waals surface area contributed by atoms with Crippen LogP contribution in [0.4, 0.5) is 0 Å². The van der Waals surface area contributed by atoms with Crippen molar-refractivity contribution in [3.63, 3.8) is 0 Å². The molecule has 0 saturated carbocycles. The van der Waals surface area contributed by atoms with Gasteiger partial charge in [-0.25, -0.2) is 0 Å². The zero-order chi connectivity index (χ0) is 12.9. The molecule has 17 heavy (non-hydrogen) atoms. The van der Waals surface area contributed by atoms with Crippen LogP contribution in [0.1, 0.15) is 39.5 Å². The third-order valence-corrected chi connectivity index (χ3v) is 4.96. The van der Waals surface area contributed by atoms with Crippen molar-refractivity contribution >= 4 is 21.9 Å². The first-order valence-electron chi connectivity index (χ1n) is 6.51. The summed E-state index contributed by atoms with van der Waals surface area (Å²) < 4.78 is 4.72. The van der Waals surface area contributed by atoms with Crippen molar-refractivity contribution in [1.29, 1.82) is 0 Å². The quantitative estimate of drug-likeness (QED) is 0.578. The fourth-order valence-electron chi connectivity index (χ4n) is 2.60. The summed E-state index contributed by atoms with van der Waals surface area (Å²) in [5.74, 6) is -0.173. The van der Waals surface area contributed by atoms with Crippen molar-refractivity contribution in [2.75, 3.05) is 26.7 Å². The summed E-state index contributed by atoms with van der Waals surface area (Å²) in [6.07, 6.45) is 5.04. The normalized spacial score (nSPS) is 22.1. The molecule has 0 radical (unpaired) electrons. The minimum absolute atomic E-state index is 0.173. The number of methoxy groups -OCH3 is 1. The fraction of sp³-hybridized carbons (Fsp3) is 0.923. The molecule has 0 aromatic heterocycles. The highest BCUT2D eigenvalue weighted by Gasteiger charge is 2.32. The zero-order valence-electron chi connectivity index (χ0n) is 11.2. The van der Waals surface area contributed by atoms with Crippen molar-refractivity contribution in [2.45, 2.75) is 44.4 Å². The minimum atomic E-state index is -0.191. The molecular formula is C13H24BrNO2. The van der Waals surface area contributed by atoms with Gasteiger partial charge in [0.2, 0.25) is 0 Å². The molecular weight excluding hydrogens is 282 g/mol. The van der Waals surface area contributed by atoms with E-state index in [1.165, 1.54) is 32.8 Å². The molecule has 1 saturated heterocycles. The van der Waals surface area contributed by atoms with E-state index in [0.717, 1.165) is 19.6 Å². The number of hydrogen-bond donors (Lipinski definition) is 0. The average Bonchev–Trinajstić information content (AvgIpc) is 2.39. The molecule has 4 heteroatoms. The number of hydrogen-bond acceptors (Lipinski definition) is 3. The van der Waals surface area contributed by atoms with Gasteiger partial charge in [-0.1, -0.05) is 42.6 Å². The molecule has 1 fully saturated rings. The van der Waals surface area contributed by atoms with E-state index >= 15 is 0 Å². The van der Waals surface area contributed by atoms with Gasteiger partial charge in [-0.05, 0) is 31.3 Å². The summed E-state index contributed by atoms with van der Waals surface area (Å²) in [4.78, 5) is 13.5. The highest BCUT2D eigenvalue weighted by molar-refractivity contribution is 9.10. The van der Waals surface area contributed by atoms with Gasteiger partial charge in [-0.3, -0.25) is 4.79 Å². The smallest absolute Gasteiger partial charge is 0.320 e. The van der Waals surface area contributed by atoms with Gasteiger partial charge in [-0.15, -0.1) is 0 Å². The van der Waals surface area contributed by atoms with Crippen LogP contribution in [0.5, 0.6) is 0 Å². The summed E-state index contributed by atoms with van der Waals surface area (Å²) in [6.45, 7) is 7.54. The Kier molecular flexibility index (Phi) is 5.93. The molecule has 3 nitrogen and oxygen atoms in total. The van der Waals surface area contributed by atoms with E-state index in [1.54, 1.807) is 0 Å². The predicted molar refractivity (Wildman–Crippen MR) is 73.4 cm³/mol. The van der Waals surface area contributed by atoms with Gasteiger partial charge in [0.25, 0.3) is 0 Å². The first-order valence-corrected chi connectivity index (χ1v) is 7.42. The number of nitrogens with zero attached hydrogens (tertiary/aromatic N) is 1. The molecule has 1 aliphatic heterocycles. The van der Waals surface area contributed by atoms with Gasteiger partial charge >= 0.3 is 5.97 Å². The number of halogens is 1. The number of carbonyl (C=O) groups is 1. The summed E-state index contributed by atoms with van der Waals surface area (Å²) >= 11 is 3.39. The second-order valence-electron chi connectivity index (χ2n) is 5.00. The van der Waals surface area contributed by atoms with Gasteiger partial charge in [0.1, 0.15) is 4.83 Å². The Morgan fingerprint density at radius 3 is 2.29 bits per heavy atom. The molecule has 1 aliphatic rings. The molecule has 0 bridgehead atoms. The summed E-state index contributed by atoms with van der Waals surface area (Å²) in [7, 11) is 1.44. The van der Waals surface area contributed by atoms with Crippen LogP contribution >= 0.6 is 15.9 Å². The Balaban J connectivity index is 2.39. The number of likely N-dealkylation sites (tertiary alicyclic amines) is 1. The Hall–Kier alpha value is -0.0900. The number of carbonyl (C=O) groups excluding carboxylic acids is 1. The van der Waals surface area contributed by atoms with Gasteiger partial charge in [0.05, 0.1) is 7.11 Å². The van der Waals surface area contributed by atoms with Crippen molar-refractivity contribution in [1.82, 2.24) is 4.90 Å². The number of piperidine rings is 1. The Labute approximate surface area is 113 Å². The van der Waals surface area contributed by atoms with E-state index in [9.17, 15) is 4.79 Å². The molecule has 1 unspecified atom stereocenters. The second kappa shape index (κ2) is 6.74. The third kappa shape index (κ3) is 3.95. The van der Waals surface area contributed by atoms with Crippen LogP contribution in [0.25, 0.3) is 0 Å². The molecule has 0 N–H and O–H groups in total. The van der Waals surface area contributed by atoms with Gasteiger partial charge in [-0.2, -0.15) is 0 Å². The van der Waals surface area contributed by atoms with Crippen molar-refractivity contribution < 1.29 is 9.53 Å². The SMILES string of the molecule is CCC1(CC)CCN(CC(Br)C(=O)OC)CC1. The monoisotopic (exact) mass is 305 g/mol. The van der Waals surface area contributed by atoms with E-state index in [-0.39, 0.29) is 10.8 Å². The maximum absolute atomic E-state index is 11.3. The van der Waals surface area contributed by atoms with E-state index in [2.05, 4.69) is 34.7 Å². The number of alkyl halides is 1. The summed E-state index contributed by atoms with van der Waals surface area (Å²) in [5, 5.41) is 0. The Morgan fingerprint density at radius 2 is 1.88 bits per heavy atom. The topological polar surface area (TPSA) is 29.5 Å². The summed E-state index contributed by atoms with van der Waals surface area (Å²) in [5.41, 5.74) is 0.545. The number of rotatable bonds is 5. The molecule has 1 atom stereocenters. The summed E-state index contributed by atoms with van der Waals surface area (Å²) in [6, 6.07) is 0. The van der Waals surface area contributed by atoms with Crippen molar-refractivity contribution in [3.8, 4) is 0 Å². The fourth-order valence-corrected chi connectivity index (χ4v) is 3.19. The number of ether oxygens (including phenoxy) is 1. The number of esters is 1. The Morgan fingerprint density at radius 1 is 1.35 bits per heavy atom. The van der Waals surface area contributed by atoms with Crippen LogP contribution in [-0.2, 0) is 9.53 Å². The van der Waals surface area contributed by atoms with Crippen LogP contribution < -0.4 is 0 Å². The maximum atomic E-state index is 11.3. The molecule has 0 aliphatic carbocycles. The van der Waals surface area contributed by atoms with Gasteiger partial charge in [0, 0.05) is 6.54 Å². The van der Waals surface area contributed by atoms with Crippen LogP contribution in [0.2, 0.25) is 0 Å². The second-order valence-corrected chi connectivity index (χ2v) is 6.10. The molecule has 0 aromatic carbocycles. The highest BCUT2D eigenvalue weighted by Crippen LogP contribution is 2.37. The molecule has 0 aromatic rings. The average molecular weight is 306 g/mol. The molecule has 100 valence electrons. The van der Waals surface area contributed by atoms with Crippen LogP contribution in [0, 0.1) is 5.41 Å². The zero-order valence-corrected chi connectivity index (χ0v) is 12.8. The predicted octanol–water partition coefficient (Wildman–Crippen LogP) is 2.83. The van der Waals surface area contributed by atoms with E-state index < -0.39 is 0 Å².